The zero-order valence-corrected chi connectivity index (χ0v) is 11.9. The number of amides is 1. The maximum atomic E-state index is 12.1. The Morgan fingerprint density at radius 3 is 3.19 bits per heavy atom. The van der Waals surface area contributed by atoms with Crippen LogP contribution in [-0.2, 0) is 13.0 Å². The molecule has 110 valence electrons. The molecule has 0 radical (unpaired) electrons. The highest BCUT2D eigenvalue weighted by Crippen LogP contribution is 2.18. The van der Waals surface area contributed by atoms with Gasteiger partial charge >= 0.3 is 0 Å². The van der Waals surface area contributed by atoms with Gasteiger partial charge in [0.25, 0.3) is 5.91 Å². The zero-order valence-electron chi connectivity index (χ0n) is 11.9. The topological polar surface area (TPSA) is 79.8 Å². The molecule has 21 heavy (non-hydrogen) atoms. The summed E-state index contributed by atoms with van der Waals surface area (Å²) < 4.78 is 2.15. The number of carbonyl (C=O) groups excluding carboxylic acids is 1. The lowest BCUT2D eigenvalue weighted by Gasteiger charge is -2.23. The maximum absolute atomic E-state index is 12.1. The van der Waals surface area contributed by atoms with E-state index < -0.39 is 0 Å². The van der Waals surface area contributed by atoms with Crippen molar-refractivity contribution in [2.75, 3.05) is 6.54 Å². The van der Waals surface area contributed by atoms with Gasteiger partial charge in [0.1, 0.15) is 5.82 Å². The summed E-state index contributed by atoms with van der Waals surface area (Å²) in [7, 11) is 0. The van der Waals surface area contributed by atoms with E-state index in [1.807, 2.05) is 12.4 Å². The van der Waals surface area contributed by atoms with Gasteiger partial charge in [-0.25, -0.2) is 4.98 Å². The Bertz CT molecular complexity index is 716. The number of aromatic amines is 1. The van der Waals surface area contributed by atoms with E-state index >= 15 is 0 Å². The van der Waals surface area contributed by atoms with E-state index in [4.69, 9.17) is 0 Å². The quantitative estimate of drug-likeness (QED) is 0.878. The van der Waals surface area contributed by atoms with Crippen molar-refractivity contribution in [3.8, 4) is 0 Å². The van der Waals surface area contributed by atoms with Gasteiger partial charge in [0.15, 0.2) is 0 Å². The van der Waals surface area contributed by atoms with Crippen molar-refractivity contribution in [3.63, 3.8) is 0 Å². The fraction of sp³-hybridized carbons (Fsp3) is 0.400. The van der Waals surface area contributed by atoms with Crippen molar-refractivity contribution in [3.05, 3.63) is 52.0 Å². The molecule has 3 rings (SSSR count). The average Bonchev–Trinajstić information content (AvgIpc) is 2.91. The van der Waals surface area contributed by atoms with Gasteiger partial charge in [-0.05, 0) is 25.3 Å². The number of H-pyrrole nitrogens is 1. The molecule has 1 atom stereocenters. The third kappa shape index (κ3) is 3.04. The SMILES string of the molecule is Cc1cc(C(=O)NC[C@H]2CCn3ccnc3C2)cc(=O)[nH]1. The minimum atomic E-state index is -0.250. The molecule has 6 heteroatoms. The van der Waals surface area contributed by atoms with Gasteiger partial charge in [0.2, 0.25) is 5.56 Å². The molecule has 1 aliphatic heterocycles. The Kier molecular flexibility index (Phi) is 3.60. The van der Waals surface area contributed by atoms with Crippen LogP contribution < -0.4 is 10.9 Å². The summed E-state index contributed by atoms with van der Waals surface area (Å²) in [6, 6.07) is 3.01. The van der Waals surface area contributed by atoms with Crippen molar-refractivity contribution in [1.29, 1.82) is 0 Å². The molecule has 1 amide bonds. The van der Waals surface area contributed by atoms with Gasteiger partial charge in [-0.2, -0.15) is 0 Å². The second-order valence-electron chi connectivity index (χ2n) is 5.52. The molecule has 2 aromatic heterocycles. The van der Waals surface area contributed by atoms with E-state index in [9.17, 15) is 9.59 Å². The Balaban J connectivity index is 1.60. The highest BCUT2D eigenvalue weighted by molar-refractivity contribution is 5.94. The van der Waals surface area contributed by atoms with Gasteiger partial charge < -0.3 is 14.9 Å². The molecular formula is C15H18N4O2. The number of hydrogen-bond acceptors (Lipinski definition) is 3. The van der Waals surface area contributed by atoms with Gasteiger partial charge in [-0.1, -0.05) is 0 Å². The first-order valence-electron chi connectivity index (χ1n) is 7.11. The molecule has 0 saturated carbocycles. The van der Waals surface area contributed by atoms with Crippen molar-refractivity contribution in [2.24, 2.45) is 5.92 Å². The predicted molar refractivity (Wildman–Crippen MR) is 78.2 cm³/mol. The maximum Gasteiger partial charge on any atom is 0.251 e. The lowest BCUT2D eigenvalue weighted by Crippen LogP contribution is -2.33. The van der Waals surface area contributed by atoms with Crippen molar-refractivity contribution in [1.82, 2.24) is 19.9 Å². The van der Waals surface area contributed by atoms with E-state index in [0.29, 0.717) is 23.7 Å². The number of rotatable bonds is 3. The van der Waals surface area contributed by atoms with E-state index in [1.54, 1.807) is 13.0 Å². The molecule has 3 heterocycles. The molecule has 1 aliphatic rings. The van der Waals surface area contributed by atoms with Crippen LogP contribution in [0.3, 0.4) is 0 Å². The monoisotopic (exact) mass is 286 g/mol. The smallest absolute Gasteiger partial charge is 0.251 e. The summed E-state index contributed by atoms with van der Waals surface area (Å²) in [5.41, 5.74) is 0.848. The second-order valence-corrected chi connectivity index (χ2v) is 5.52. The fourth-order valence-corrected chi connectivity index (χ4v) is 2.74. The fourth-order valence-electron chi connectivity index (χ4n) is 2.74. The third-order valence-corrected chi connectivity index (χ3v) is 3.84. The predicted octanol–water partition coefficient (Wildman–Crippen LogP) is 0.872. The largest absolute Gasteiger partial charge is 0.352 e. The number of nitrogens with zero attached hydrogens (tertiary/aromatic N) is 2. The number of fused-ring (bicyclic) bond motifs is 1. The molecule has 0 aromatic carbocycles. The van der Waals surface area contributed by atoms with Gasteiger partial charge in [0, 0.05) is 49.2 Å². The Labute approximate surface area is 122 Å². The van der Waals surface area contributed by atoms with Crippen LogP contribution in [0.25, 0.3) is 0 Å². The van der Waals surface area contributed by atoms with Crippen molar-refractivity contribution >= 4 is 5.91 Å². The molecule has 0 spiro atoms. The molecule has 0 fully saturated rings. The van der Waals surface area contributed by atoms with Crippen molar-refractivity contribution < 1.29 is 4.79 Å². The normalized spacial score (nSPS) is 17.3. The Morgan fingerprint density at radius 2 is 2.38 bits per heavy atom. The highest BCUT2D eigenvalue weighted by Gasteiger charge is 2.19. The highest BCUT2D eigenvalue weighted by atomic mass is 16.2. The minimum absolute atomic E-state index is 0.196. The Hall–Kier alpha value is -2.37. The zero-order chi connectivity index (χ0) is 14.8. The van der Waals surface area contributed by atoms with E-state index in [-0.39, 0.29) is 11.5 Å². The minimum Gasteiger partial charge on any atom is -0.352 e. The molecule has 0 bridgehead atoms. The molecule has 6 nitrogen and oxygen atoms in total. The van der Waals surface area contributed by atoms with E-state index in [2.05, 4.69) is 19.9 Å². The summed E-state index contributed by atoms with van der Waals surface area (Å²) in [4.78, 5) is 30.4. The van der Waals surface area contributed by atoms with Crippen molar-refractivity contribution in [2.45, 2.75) is 26.3 Å². The molecule has 0 saturated heterocycles. The first-order valence-corrected chi connectivity index (χ1v) is 7.11. The van der Waals surface area contributed by atoms with E-state index in [1.165, 1.54) is 6.07 Å². The second kappa shape index (κ2) is 5.55. The van der Waals surface area contributed by atoms with Crippen LogP contribution in [0.15, 0.2) is 29.3 Å². The number of aryl methyl sites for hydroxylation is 2. The third-order valence-electron chi connectivity index (χ3n) is 3.84. The van der Waals surface area contributed by atoms with Crippen LogP contribution >= 0.6 is 0 Å². The van der Waals surface area contributed by atoms with Crippen LogP contribution in [0.2, 0.25) is 0 Å². The molecule has 2 N–H and O–H groups in total. The molecule has 0 unspecified atom stereocenters. The number of aromatic nitrogens is 3. The number of nitrogens with one attached hydrogen (secondary N) is 2. The first-order chi connectivity index (χ1) is 10.1. The summed E-state index contributed by atoms with van der Waals surface area (Å²) in [5, 5.41) is 2.92. The average molecular weight is 286 g/mol. The van der Waals surface area contributed by atoms with Crippen LogP contribution in [0, 0.1) is 12.8 Å². The van der Waals surface area contributed by atoms with Gasteiger partial charge in [-0.15, -0.1) is 0 Å². The lowest BCUT2D eigenvalue weighted by atomic mass is 9.97. The van der Waals surface area contributed by atoms with Crippen LogP contribution in [0.5, 0.6) is 0 Å². The first kappa shape index (κ1) is 13.6. The molecule has 2 aromatic rings. The van der Waals surface area contributed by atoms with Crippen LogP contribution in [-0.4, -0.2) is 27.0 Å². The summed E-state index contributed by atoms with van der Waals surface area (Å²) in [6.07, 6.45) is 5.71. The number of carbonyl (C=O) groups is 1. The number of pyridine rings is 1. The summed E-state index contributed by atoms with van der Waals surface area (Å²) >= 11 is 0. The number of imidazole rings is 1. The van der Waals surface area contributed by atoms with Crippen LogP contribution in [0.1, 0.15) is 28.3 Å². The van der Waals surface area contributed by atoms with Gasteiger partial charge in [0.05, 0.1) is 0 Å². The molecule has 0 aliphatic carbocycles. The summed E-state index contributed by atoms with van der Waals surface area (Å²) in [6.45, 7) is 3.32. The standard InChI is InChI=1S/C15H18N4O2/c1-10-6-12(8-14(20)18-10)15(21)17-9-11-2-4-19-5-3-16-13(19)7-11/h3,5-6,8,11H,2,4,7,9H2,1H3,(H,17,21)(H,18,20)/t11-/m0/s1. The van der Waals surface area contributed by atoms with E-state index in [0.717, 1.165) is 25.2 Å². The lowest BCUT2D eigenvalue weighted by molar-refractivity contribution is 0.0944. The van der Waals surface area contributed by atoms with Gasteiger partial charge in [-0.3, -0.25) is 9.59 Å². The van der Waals surface area contributed by atoms with Crippen LogP contribution in [0.4, 0.5) is 0 Å². The molecular weight excluding hydrogens is 268 g/mol. The summed E-state index contributed by atoms with van der Waals surface area (Å²) in [5.74, 6) is 1.28. The number of hydrogen-bond donors (Lipinski definition) is 2. The Morgan fingerprint density at radius 1 is 1.52 bits per heavy atom.